The zero-order valence-electron chi connectivity index (χ0n) is 36.4. The van der Waals surface area contributed by atoms with Crippen molar-refractivity contribution in [1.82, 2.24) is 0 Å². The average molecular weight is 819 g/mol. The van der Waals surface area contributed by atoms with Crippen molar-refractivity contribution >= 4 is 47.6 Å². The van der Waals surface area contributed by atoms with E-state index in [1.54, 1.807) is 0 Å². The Morgan fingerprint density at radius 3 is 0.969 bits per heavy atom. The van der Waals surface area contributed by atoms with Gasteiger partial charge in [-0.2, -0.15) is 0 Å². The maximum atomic E-state index is 2.35. The van der Waals surface area contributed by atoms with Gasteiger partial charge in [-0.1, -0.05) is 243 Å². The number of benzene rings is 9. The van der Waals surface area contributed by atoms with Gasteiger partial charge < -0.3 is 0 Å². The first kappa shape index (κ1) is 41.3. The minimum Gasteiger partial charge on any atom is -0.0622 e. The Kier molecular flexibility index (Phi) is 12.8. The monoisotopic (exact) mass is 818 g/mol. The molecule has 0 N–H and O–H groups in total. The third kappa shape index (κ3) is 9.84. The molecule has 0 atom stereocenters. The number of aryl methyl sites for hydroxylation is 2. The Hall–Kier alpha value is -8.06. The number of hydrogen-bond donors (Lipinski definition) is 0. The summed E-state index contributed by atoms with van der Waals surface area (Å²) in [4.78, 5) is 0. The highest BCUT2D eigenvalue weighted by atomic mass is 14.2. The molecule has 0 saturated carbocycles. The topological polar surface area (TPSA) is 0 Å². The van der Waals surface area contributed by atoms with Crippen LogP contribution in [0.4, 0.5) is 0 Å². The Morgan fingerprint density at radius 2 is 0.609 bits per heavy atom. The molecule has 0 spiro atoms. The summed E-state index contributed by atoms with van der Waals surface area (Å²) in [7, 11) is 0. The third-order valence-electron chi connectivity index (χ3n) is 11.8. The van der Waals surface area contributed by atoms with Crippen molar-refractivity contribution in [2.45, 2.75) is 13.8 Å². The molecule has 0 aromatic heterocycles. The van der Waals surface area contributed by atoms with E-state index in [0.29, 0.717) is 0 Å². The van der Waals surface area contributed by atoms with Gasteiger partial charge in [0.2, 0.25) is 0 Å². The summed E-state index contributed by atoms with van der Waals surface area (Å²) in [5, 5.41) is 0. The first-order valence-corrected chi connectivity index (χ1v) is 22.1. The quantitative estimate of drug-likeness (QED) is 0.108. The van der Waals surface area contributed by atoms with Crippen LogP contribution in [0.2, 0.25) is 0 Å². The van der Waals surface area contributed by atoms with Crippen molar-refractivity contribution in [3.63, 3.8) is 0 Å². The van der Waals surface area contributed by atoms with Gasteiger partial charge in [0, 0.05) is 0 Å². The Morgan fingerprint density at radius 1 is 0.297 bits per heavy atom. The van der Waals surface area contributed by atoms with E-state index in [1.165, 1.54) is 66.8 Å². The molecule has 0 aliphatic rings. The second-order valence-electron chi connectivity index (χ2n) is 16.2. The molecule has 0 nitrogen and oxygen atoms in total. The van der Waals surface area contributed by atoms with E-state index in [4.69, 9.17) is 0 Å². The molecule has 0 heteroatoms. The molecule has 0 heterocycles. The molecule has 0 amide bonds. The second-order valence-corrected chi connectivity index (χ2v) is 16.2. The zero-order valence-corrected chi connectivity index (χ0v) is 36.4. The maximum absolute atomic E-state index is 2.35. The van der Waals surface area contributed by atoms with Gasteiger partial charge in [0.1, 0.15) is 0 Å². The van der Waals surface area contributed by atoms with E-state index in [2.05, 4.69) is 281 Å². The second kappa shape index (κ2) is 19.8. The Labute approximate surface area is 379 Å². The summed E-state index contributed by atoms with van der Waals surface area (Å²) >= 11 is 0. The summed E-state index contributed by atoms with van der Waals surface area (Å²) in [5.74, 6) is 0. The molecule has 9 aromatic carbocycles. The van der Waals surface area contributed by atoms with Crippen LogP contribution in [0.5, 0.6) is 0 Å². The predicted molar refractivity (Wildman–Crippen MR) is 277 cm³/mol. The van der Waals surface area contributed by atoms with E-state index in [0.717, 1.165) is 33.4 Å². The van der Waals surface area contributed by atoms with Crippen molar-refractivity contribution in [2.24, 2.45) is 0 Å². The molecule has 0 aliphatic heterocycles. The van der Waals surface area contributed by atoms with Crippen LogP contribution >= 0.6 is 0 Å². The van der Waals surface area contributed by atoms with E-state index in [-0.39, 0.29) is 0 Å². The van der Waals surface area contributed by atoms with E-state index in [9.17, 15) is 0 Å². The average Bonchev–Trinajstić information content (AvgIpc) is 3.36. The van der Waals surface area contributed by atoms with Crippen LogP contribution < -0.4 is 0 Å². The predicted octanol–water partition coefficient (Wildman–Crippen LogP) is 17.2. The summed E-state index contributed by atoms with van der Waals surface area (Å²) in [6.45, 7) is 4.37. The van der Waals surface area contributed by atoms with Gasteiger partial charge >= 0.3 is 0 Å². The largest absolute Gasteiger partial charge is 0.0622 e. The molecule has 0 bridgehead atoms. The van der Waals surface area contributed by atoms with Gasteiger partial charge in [-0.3, -0.25) is 0 Å². The molecule has 0 fully saturated rings. The fraction of sp³-hybridized carbons (Fsp3) is 0.0312. The molecule has 64 heavy (non-hydrogen) atoms. The molecule has 0 radical (unpaired) electrons. The summed E-state index contributed by atoms with van der Waals surface area (Å²) < 4.78 is 0. The van der Waals surface area contributed by atoms with Gasteiger partial charge in [-0.15, -0.1) is 0 Å². The van der Waals surface area contributed by atoms with Crippen LogP contribution in [0.3, 0.4) is 0 Å². The molecule has 0 unspecified atom stereocenters. The van der Waals surface area contributed by atoms with Gasteiger partial charge in [-0.25, -0.2) is 0 Å². The summed E-state index contributed by atoms with van der Waals surface area (Å²) in [6.07, 6.45) is 13.6. The minimum absolute atomic E-state index is 1.15. The van der Waals surface area contributed by atoms with Crippen molar-refractivity contribution < 1.29 is 0 Å². The van der Waals surface area contributed by atoms with Crippen LogP contribution in [-0.2, 0) is 0 Å². The first-order chi connectivity index (χ1) is 31.6. The molecule has 306 valence electrons. The lowest BCUT2D eigenvalue weighted by atomic mass is 9.89. The van der Waals surface area contributed by atoms with Crippen LogP contribution in [0.1, 0.15) is 66.8 Å². The van der Waals surface area contributed by atoms with E-state index in [1.807, 2.05) is 0 Å². The molecule has 0 aliphatic carbocycles. The number of rotatable bonds is 12. The lowest BCUT2D eigenvalue weighted by Gasteiger charge is -2.14. The SMILES string of the molecule is Cc1ccccc1C(=Cc1ccc(C=Cc2cc(-c3ccccc3)c(C=Cc3ccc(C=C(c4ccccc4)c4ccccc4C)cc3)cc2-c2ccccc2)cc1)c1ccccc1. The fourth-order valence-electron chi connectivity index (χ4n) is 8.38. The number of hydrogen-bond acceptors (Lipinski definition) is 0. The zero-order chi connectivity index (χ0) is 43.5. The van der Waals surface area contributed by atoms with E-state index < -0.39 is 0 Å². The third-order valence-corrected chi connectivity index (χ3v) is 11.8. The highest BCUT2D eigenvalue weighted by Crippen LogP contribution is 2.36. The maximum Gasteiger partial charge on any atom is -0.0103 e. The van der Waals surface area contributed by atoms with Crippen LogP contribution in [0.15, 0.2) is 231 Å². The molecule has 9 rings (SSSR count). The van der Waals surface area contributed by atoms with Gasteiger partial charge in [-0.05, 0) is 138 Å². The first-order valence-electron chi connectivity index (χ1n) is 22.1. The highest BCUT2D eigenvalue weighted by Gasteiger charge is 2.13. The molecular formula is C64H50. The summed E-state index contributed by atoms with van der Waals surface area (Å²) in [6, 6.07) is 82.5. The van der Waals surface area contributed by atoms with Crippen molar-refractivity contribution in [2.75, 3.05) is 0 Å². The Bertz CT molecular complexity index is 2880. The molecule has 9 aromatic rings. The normalized spacial score (nSPS) is 12.0. The van der Waals surface area contributed by atoms with Crippen LogP contribution in [0, 0.1) is 13.8 Å². The standard InChI is InChI=1S/C64H50/c1-47-19-15-17-29-59(47)63(55-25-11-5-12-26-55)43-51-35-31-49(32-36-51)39-41-57-45-62(54-23-9-4-10-24-54)58(46-61(57)53-21-7-3-8-22-53)42-40-50-33-37-52(38-34-50)44-64(56-27-13-6-14-28-56)60-30-18-16-20-48(60)2/h3-46H,1-2H3. The van der Waals surface area contributed by atoms with Crippen LogP contribution in [-0.4, -0.2) is 0 Å². The summed E-state index contributed by atoms with van der Waals surface area (Å²) in [5.41, 5.74) is 21.6. The van der Waals surface area contributed by atoms with Gasteiger partial charge in [0.25, 0.3) is 0 Å². The van der Waals surface area contributed by atoms with Crippen molar-refractivity contribution in [3.8, 4) is 22.3 Å². The van der Waals surface area contributed by atoms with Crippen molar-refractivity contribution in [3.05, 3.63) is 297 Å². The lowest BCUT2D eigenvalue weighted by Crippen LogP contribution is -1.92. The van der Waals surface area contributed by atoms with Crippen molar-refractivity contribution in [1.29, 1.82) is 0 Å². The van der Waals surface area contributed by atoms with Crippen LogP contribution in [0.25, 0.3) is 69.9 Å². The van der Waals surface area contributed by atoms with Gasteiger partial charge in [0.05, 0.1) is 0 Å². The van der Waals surface area contributed by atoms with E-state index >= 15 is 0 Å². The highest BCUT2D eigenvalue weighted by molar-refractivity contribution is 5.94. The lowest BCUT2D eigenvalue weighted by molar-refractivity contribution is 1.42. The minimum atomic E-state index is 1.15. The molecular weight excluding hydrogens is 769 g/mol. The van der Waals surface area contributed by atoms with Gasteiger partial charge in [0.15, 0.2) is 0 Å². The fourth-order valence-corrected chi connectivity index (χ4v) is 8.38. The molecule has 0 saturated heterocycles. The Balaban J connectivity index is 1.05. The smallest absolute Gasteiger partial charge is 0.0103 e.